The molecular weight excluding hydrogens is 351 g/mol. The predicted octanol–water partition coefficient (Wildman–Crippen LogP) is 6.21. The third kappa shape index (κ3) is 6.29. The van der Waals surface area contributed by atoms with E-state index in [9.17, 15) is 9.18 Å². The van der Waals surface area contributed by atoms with Gasteiger partial charge in [-0.3, -0.25) is 9.78 Å². The number of allylic oxidation sites excluding steroid dienone is 3. The van der Waals surface area contributed by atoms with Gasteiger partial charge in [-0.2, -0.15) is 0 Å². The number of benzene rings is 1. The van der Waals surface area contributed by atoms with Crippen molar-refractivity contribution in [2.75, 3.05) is 0 Å². The number of nitrogens with one attached hydrogen (secondary N) is 1. The van der Waals surface area contributed by atoms with Crippen LogP contribution in [0.5, 0.6) is 0 Å². The zero-order valence-electron chi connectivity index (χ0n) is 17.6. The van der Waals surface area contributed by atoms with Crippen molar-refractivity contribution in [3.05, 3.63) is 65.6 Å². The van der Waals surface area contributed by atoms with E-state index in [1.54, 1.807) is 12.1 Å². The van der Waals surface area contributed by atoms with Crippen molar-refractivity contribution in [2.24, 2.45) is 5.92 Å². The van der Waals surface area contributed by atoms with Crippen LogP contribution in [-0.4, -0.2) is 16.4 Å². The molecule has 0 spiro atoms. The number of rotatable bonds is 8. The van der Waals surface area contributed by atoms with E-state index >= 15 is 0 Å². The fourth-order valence-corrected chi connectivity index (χ4v) is 3.68. The second-order valence-electron chi connectivity index (χ2n) is 8.20. The maximum absolute atomic E-state index is 13.3. The molecule has 1 heterocycles. The first-order valence-electron chi connectivity index (χ1n) is 9.92. The van der Waals surface area contributed by atoms with Crippen molar-refractivity contribution in [1.82, 2.24) is 10.3 Å². The van der Waals surface area contributed by atoms with Crippen LogP contribution in [0, 0.1) is 11.7 Å². The van der Waals surface area contributed by atoms with Gasteiger partial charge in [-0.15, -0.1) is 0 Å². The number of amides is 1. The highest BCUT2D eigenvalue weighted by atomic mass is 19.1. The molecular formula is C24H31FN2O. The lowest BCUT2D eigenvalue weighted by Crippen LogP contribution is -2.47. The van der Waals surface area contributed by atoms with E-state index in [0.717, 1.165) is 24.6 Å². The van der Waals surface area contributed by atoms with Crippen molar-refractivity contribution in [3.63, 3.8) is 0 Å². The molecule has 4 heteroatoms. The molecule has 0 saturated heterocycles. The van der Waals surface area contributed by atoms with E-state index in [4.69, 9.17) is 0 Å². The van der Waals surface area contributed by atoms with Crippen LogP contribution in [0.15, 0.2) is 54.3 Å². The normalized spacial score (nSPS) is 14.6. The summed E-state index contributed by atoms with van der Waals surface area (Å²) in [5.41, 5.74) is 1.90. The van der Waals surface area contributed by atoms with E-state index < -0.39 is 0 Å². The molecule has 1 aromatic carbocycles. The first-order chi connectivity index (χ1) is 13.2. The molecule has 1 aromatic heterocycles. The van der Waals surface area contributed by atoms with Gasteiger partial charge in [-0.1, -0.05) is 44.6 Å². The molecule has 3 nitrogen and oxygen atoms in total. The Kier molecular flexibility index (Phi) is 7.50. The first-order valence-corrected chi connectivity index (χ1v) is 9.92. The molecule has 0 fully saturated rings. The average Bonchev–Trinajstić information content (AvgIpc) is 2.60. The summed E-state index contributed by atoms with van der Waals surface area (Å²) in [6.45, 7) is 10.6. The molecule has 0 aliphatic heterocycles. The van der Waals surface area contributed by atoms with Gasteiger partial charge in [0.1, 0.15) is 5.82 Å². The van der Waals surface area contributed by atoms with Gasteiger partial charge in [0, 0.05) is 23.2 Å². The Morgan fingerprint density at radius 2 is 2.07 bits per heavy atom. The van der Waals surface area contributed by atoms with Crippen LogP contribution in [0.2, 0.25) is 0 Å². The summed E-state index contributed by atoms with van der Waals surface area (Å²) in [7, 11) is 0. The lowest BCUT2D eigenvalue weighted by atomic mass is 9.84. The van der Waals surface area contributed by atoms with Gasteiger partial charge < -0.3 is 5.32 Å². The minimum Gasteiger partial charge on any atom is -0.347 e. The van der Waals surface area contributed by atoms with E-state index in [2.05, 4.69) is 63.1 Å². The zero-order chi connectivity index (χ0) is 20.7. The maximum Gasteiger partial charge on any atom is 0.253 e. The van der Waals surface area contributed by atoms with E-state index in [-0.39, 0.29) is 17.3 Å². The molecule has 1 unspecified atom stereocenters. The number of halogens is 1. The highest BCUT2D eigenvalue weighted by molar-refractivity contribution is 5.97. The Labute approximate surface area is 167 Å². The Hall–Kier alpha value is -2.49. The Balaban J connectivity index is 2.23. The lowest BCUT2D eigenvalue weighted by molar-refractivity contribution is 0.0894. The maximum atomic E-state index is 13.3. The molecule has 1 N–H and O–H groups in total. The highest BCUT2D eigenvalue weighted by Gasteiger charge is 2.28. The average molecular weight is 383 g/mol. The first kappa shape index (κ1) is 21.8. The zero-order valence-corrected chi connectivity index (χ0v) is 17.6. The molecule has 0 aliphatic rings. The van der Waals surface area contributed by atoms with Gasteiger partial charge in [-0.25, -0.2) is 4.39 Å². The van der Waals surface area contributed by atoms with Crippen LogP contribution in [0.1, 0.15) is 64.2 Å². The van der Waals surface area contributed by atoms with Crippen LogP contribution >= 0.6 is 0 Å². The van der Waals surface area contributed by atoms with E-state index in [1.807, 2.05) is 0 Å². The number of carbonyl (C=O) groups is 1. The van der Waals surface area contributed by atoms with Gasteiger partial charge >= 0.3 is 0 Å². The van der Waals surface area contributed by atoms with E-state index in [0.29, 0.717) is 17.0 Å². The van der Waals surface area contributed by atoms with Gasteiger partial charge in [0.15, 0.2) is 0 Å². The Bertz CT molecular complexity index is 885. The van der Waals surface area contributed by atoms with Crippen molar-refractivity contribution in [1.29, 1.82) is 0 Å². The summed E-state index contributed by atoms with van der Waals surface area (Å²) in [6.07, 6.45) is 10.5. The van der Waals surface area contributed by atoms with Crippen LogP contribution in [0.3, 0.4) is 0 Å². The second kappa shape index (κ2) is 9.63. The molecule has 2 rings (SSSR count). The number of nitrogens with zero attached hydrogens (tertiary/aromatic N) is 1. The SMILES string of the molecule is CC/C=C\C=C(/C)CC(C)(CC(C)C)NC(=O)c1cnc2cc(F)ccc2c1. The second-order valence-corrected chi connectivity index (χ2v) is 8.20. The number of fused-ring (bicyclic) bond motifs is 1. The number of carbonyl (C=O) groups excluding carboxylic acids is 1. The van der Waals surface area contributed by atoms with Crippen molar-refractivity contribution < 1.29 is 9.18 Å². The van der Waals surface area contributed by atoms with Crippen LogP contribution < -0.4 is 5.32 Å². The van der Waals surface area contributed by atoms with Crippen LogP contribution in [0.25, 0.3) is 10.9 Å². The highest BCUT2D eigenvalue weighted by Crippen LogP contribution is 2.25. The standard InChI is InChI=1S/C24H31FN2O/c1-6-7-8-9-18(4)15-24(5,14-17(2)3)27-23(28)20-12-19-10-11-21(25)13-22(19)26-16-20/h7-13,16-17H,6,14-15H2,1-5H3,(H,27,28)/b8-7-,18-9+. The predicted molar refractivity (Wildman–Crippen MR) is 115 cm³/mol. The molecule has 150 valence electrons. The van der Waals surface area contributed by atoms with Gasteiger partial charge in [0.05, 0.1) is 11.1 Å². The lowest BCUT2D eigenvalue weighted by Gasteiger charge is -2.33. The molecule has 0 radical (unpaired) electrons. The molecule has 0 bridgehead atoms. The minimum atomic E-state index is -0.357. The smallest absolute Gasteiger partial charge is 0.253 e. The molecule has 1 amide bonds. The third-order valence-corrected chi connectivity index (χ3v) is 4.60. The topological polar surface area (TPSA) is 42.0 Å². The van der Waals surface area contributed by atoms with Crippen molar-refractivity contribution in [2.45, 2.75) is 59.4 Å². The van der Waals surface area contributed by atoms with Gasteiger partial charge in [0.25, 0.3) is 5.91 Å². The Morgan fingerprint density at radius 1 is 1.32 bits per heavy atom. The number of hydrogen-bond acceptors (Lipinski definition) is 2. The Morgan fingerprint density at radius 3 is 2.75 bits per heavy atom. The van der Waals surface area contributed by atoms with Crippen molar-refractivity contribution in [3.8, 4) is 0 Å². The summed E-state index contributed by atoms with van der Waals surface area (Å²) >= 11 is 0. The molecule has 28 heavy (non-hydrogen) atoms. The summed E-state index contributed by atoms with van der Waals surface area (Å²) in [4.78, 5) is 17.2. The van der Waals surface area contributed by atoms with Gasteiger partial charge in [0.2, 0.25) is 0 Å². The molecule has 2 aromatic rings. The summed E-state index contributed by atoms with van der Waals surface area (Å²) in [5.74, 6) is -0.0399. The fraction of sp³-hybridized carbons (Fsp3) is 0.417. The summed E-state index contributed by atoms with van der Waals surface area (Å²) in [6, 6.07) is 6.17. The molecule has 0 saturated carbocycles. The quantitative estimate of drug-likeness (QED) is 0.551. The minimum absolute atomic E-state index is 0.154. The van der Waals surface area contributed by atoms with Crippen molar-refractivity contribution >= 4 is 16.8 Å². The van der Waals surface area contributed by atoms with E-state index in [1.165, 1.54) is 23.9 Å². The van der Waals surface area contributed by atoms with Crippen LogP contribution in [0.4, 0.5) is 4.39 Å². The number of pyridine rings is 1. The van der Waals surface area contributed by atoms with Gasteiger partial charge in [-0.05, 0) is 57.2 Å². The summed E-state index contributed by atoms with van der Waals surface area (Å²) in [5, 5.41) is 3.97. The van der Waals surface area contributed by atoms with Crippen LogP contribution in [-0.2, 0) is 0 Å². The summed E-state index contributed by atoms with van der Waals surface area (Å²) < 4.78 is 13.3. The fourth-order valence-electron chi connectivity index (χ4n) is 3.68. The molecule has 0 aliphatic carbocycles. The molecule has 1 atom stereocenters. The largest absolute Gasteiger partial charge is 0.347 e. The third-order valence-electron chi connectivity index (χ3n) is 4.60. The number of aromatic nitrogens is 1. The number of hydrogen-bond donors (Lipinski definition) is 1. The monoisotopic (exact) mass is 382 g/mol.